The van der Waals surface area contributed by atoms with Gasteiger partial charge in [-0.05, 0) is 49.9 Å². The number of nitrogens with one attached hydrogen (secondary N) is 1. The first-order chi connectivity index (χ1) is 9.63. The summed E-state index contributed by atoms with van der Waals surface area (Å²) in [6, 6.07) is 5.38. The summed E-state index contributed by atoms with van der Waals surface area (Å²) < 4.78 is 15.2. The molecule has 0 amide bonds. The van der Waals surface area contributed by atoms with E-state index in [0.717, 1.165) is 48.7 Å². The van der Waals surface area contributed by atoms with Crippen molar-refractivity contribution in [1.82, 2.24) is 5.32 Å². The van der Waals surface area contributed by atoms with E-state index in [1.807, 2.05) is 6.07 Å². The summed E-state index contributed by atoms with van der Waals surface area (Å²) >= 11 is 3.47. The molecular formula is C17H27BrFN. The van der Waals surface area contributed by atoms with Crippen LogP contribution in [-0.4, -0.2) is 6.54 Å². The van der Waals surface area contributed by atoms with Crippen molar-refractivity contribution < 1.29 is 4.39 Å². The Bertz CT molecular complexity index is 389. The molecule has 0 saturated heterocycles. The van der Waals surface area contributed by atoms with Gasteiger partial charge in [-0.25, -0.2) is 4.39 Å². The largest absolute Gasteiger partial charge is 0.310 e. The number of hydrogen-bond acceptors (Lipinski definition) is 1. The van der Waals surface area contributed by atoms with Gasteiger partial charge in [-0.3, -0.25) is 0 Å². The highest BCUT2D eigenvalue weighted by atomic mass is 79.9. The summed E-state index contributed by atoms with van der Waals surface area (Å²) in [7, 11) is 0. The summed E-state index contributed by atoms with van der Waals surface area (Å²) in [5.74, 6) is 0.402. The van der Waals surface area contributed by atoms with Crippen LogP contribution in [0.15, 0.2) is 22.7 Å². The molecule has 0 aliphatic heterocycles. The highest BCUT2D eigenvalue weighted by molar-refractivity contribution is 9.10. The smallest absolute Gasteiger partial charge is 0.128 e. The van der Waals surface area contributed by atoms with Crippen LogP contribution in [0.25, 0.3) is 0 Å². The summed E-state index contributed by atoms with van der Waals surface area (Å²) in [6.07, 6.45) is 5.63. The molecule has 1 nitrogen and oxygen atoms in total. The van der Waals surface area contributed by atoms with Gasteiger partial charge in [0.1, 0.15) is 5.82 Å². The standard InChI is InChI=1S/C17H27BrFN/c1-4-7-13(8-5-2)17(20-11-6-3)15-12-14(18)9-10-16(15)19/h9-10,12-13,17,20H,4-8,11H2,1-3H3. The lowest BCUT2D eigenvalue weighted by Gasteiger charge is -2.29. The van der Waals surface area contributed by atoms with Crippen molar-refractivity contribution in [3.63, 3.8) is 0 Å². The molecule has 1 N–H and O–H groups in total. The van der Waals surface area contributed by atoms with Gasteiger partial charge in [0.2, 0.25) is 0 Å². The van der Waals surface area contributed by atoms with Crippen LogP contribution < -0.4 is 5.32 Å². The molecule has 0 bridgehead atoms. The normalized spacial score (nSPS) is 12.9. The zero-order valence-electron chi connectivity index (χ0n) is 12.9. The van der Waals surface area contributed by atoms with Crippen LogP contribution in [0.2, 0.25) is 0 Å². The first kappa shape index (κ1) is 17.6. The van der Waals surface area contributed by atoms with Crippen LogP contribution in [0.1, 0.15) is 64.5 Å². The predicted octanol–water partition coefficient (Wildman–Crippen LogP) is 5.85. The Morgan fingerprint density at radius 3 is 2.30 bits per heavy atom. The molecular weight excluding hydrogens is 317 g/mol. The third-order valence-corrected chi connectivity index (χ3v) is 4.19. The zero-order valence-corrected chi connectivity index (χ0v) is 14.5. The summed E-state index contributed by atoms with van der Waals surface area (Å²) in [5, 5.41) is 3.56. The van der Waals surface area contributed by atoms with Crippen molar-refractivity contribution in [3.8, 4) is 0 Å². The lowest BCUT2D eigenvalue weighted by molar-refractivity contribution is 0.309. The van der Waals surface area contributed by atoms with Gasteiger partial charge in [0.25, 0.3) is 0 Å². The Balaban J connectivity index is 3.04. The highest BCUT2D eigenvalue weighted by Gasteiger charge is 2.24. The van der Waals surface area contributed by atoms with E-state index in [0.29, 0.717) is 5.92 Å². The third-order valence-electron chi connectivity index (χ3n) is 3.70. The number of hydrogen-bond donors (Lipinski definition) is 1. The van der Waals surface area contributed by atoms with Gasteiger partial charge in [-0.1, -0.05) is 49.5 Å². The zero-order chi connectivity index (χ0) is 15.0. The van der Waals surface area contributed by atoms with Gasteiger partial charge in [0.15, 0.2) is 0 Å². The second-order valence-electron chi connectivity index (χ2n) is 5.44. The molecule has 0 heterocycles. The van der Waals surface area contributed by atoms with Gasteiger partial charge in [0.05, 0.1) is 0 Å². The second kappa shape index (κ2) is 9.51. The van der Waals surface area contributed by atoms with E-state index in [4.69, 9.17) is 0 Å². The Kier molecular flexibility index (Phi) is 8.39. The van der Waals surface area contributed by atoms with E-state index in [1.54, 1.807) is 12.1 Å². The molecule has 1 rings (SSSR count). The fourth-order valence-corrected chi connectivity index (χ4v) is 3.18. The molecule has 0 radical (unpaired) electrons. The minimum Gasteiger partial charge on any atom is -0.310 e. The first-order valence-corrected chi connectivity index (χ1v) is 8.61. The van der Waals surface area contributed by atoms with Crippen molar-refractivity contribution in [3.05, 3.63) is 34.1 Å². The molecule has 114 valence electrons. The second-order valence-corrected chi connectivity index (χ2v) is 6.35. The summed E-state index contributed by atoms with van der Waals surface area (Å²) in [6.45, 7) is 7.49. The fraction of sp³-hybridized carbons (Fsp3) is 0.647. The Hall–Kier alpha value is -0.410. The SMILES string of the molecule is CCCNC(c1cc(Br)ccc1F)C(CCC)CCC. The van der Waals surface area contributed by atoms with Crippen molar-refractivity contribution in [2.24, 2.45) is 5.92 Å². The summed E-state index contributed by atoms with van der Waals surface area (Å²) in [4.78, 5) is 0. The lowest BCUT2D eigenvalue weighted by Crippen LogP contribution is -2.30. The Morgan fingerprint density at radius 2 is 1.75 bits per heavy atom. The van der Waals surface area contributed by atoms with Crippen LogP contribution in [0.5, 0.6) is 0 Å². The Labute approximate surface area is 131 Å². The van der Waals surface area contributed by atoms with E-state index in [-0.39, 0.29) is 11.9 Å². The highest BCUT2D eigenvalue weighted by Crippen LogP contribution is 2.32. The van der Waals surface area contributed by atoms with Crippen molar-refractivity contribution in [2.45, 2.75) is 58.9 Å². The van der Waals surface area contributed by atoms with E-state index in [2.05, 4.69) is 42.0 Å². The lowest BCUT2D eigenvalue weighted by atomic mass is 9.86. The fourth-order valence-electron chi connectivity index (χ4n) is 2.80. The van der Waals surface area contributed by atoms with E-state index in [9.17, 15) is 4.39 Å². The maximum absolute atomic E-state index is 14.2. The Morgan fingerprint density at radius 1 is 1.10 bits per heavy atom. The molecule has 3 heteroatoms. The van der Waals surface area contributed by atoms with Crippen LogP contribution >= 0.6 is 15.9 Å². The molecule has 0 fully saturated rings. The van der Waals surface area contributed by atoms with Gasteiger partial charge in [-0.2, -0.15) is 0 Å². The predicted molar refractivity (Wildman–Crippen MR) is 88.4 cm³/mol. The van der Waals surface area contributed by atoms with Gasteiger partial charge in [-0.15, -0.1) is 0 Å². The number of halogens is 2. The first-order valence-electron chi connectivity index (χ1n) is 7.82. The molecule has 0 spiro atoms. The van der Waals surface area contributed by atoms with Crippen LogP contribution in [0.4, 0.5) is 4.39 Å². The third kappa shape index (κ3) is 5.17. The molecule has 0 saturated carbocycles. The maximum Gasteiger partial charge on any atom is 0.128 e. The van der Waals surface area contributed by atoms with Gasteiger partial charge in [0, 0.05) is 16.1 Å². The van der Waals surface area contributed by atoms with E-state index >= 15 is 0 Å². The molecule has 1 unspecified atom stereocenters. The average Bonchev–Trinajstić information content (AvgIpc) is 2.43. The topological polar surface area (TPSA) is 12.0 Å². The maximum atomic E-state index is 14.2. The molecule has 1 aromatic rings. The van der Waals surface area contributed by atoms with Gasteiger partial charge >= 0.3 is 0 Å². The van der Waals surface area contributed by atoms with Crippen molar-refractivity contribution in [2.75, 3.05) is 6.54 Å². The van der Waals surface area contributed by atoms with Crippen molar-refractivity contribution >= 4 is 15.9 Å². The van der Waals surface area contributed by atoms with E-state index < -0.39 is 0 Å². The monoisotopic (exact) mass is 343 g/mol. The minimum absolute atomic E-state index is 0.0981. The average molecular weight is 344 g/mol. The number of rotatable bonds is 9. The van der Waals surface area contributed by atoms with Crippen LogP contribution in [-0.2, 0) is 0 Å². The van der Waals surface area contributed by atoms with Crippen molar-refractivity contribution in [1.29, 1.82) is 0 Å². The molecule has 1 aromatic carbocycles. The minimum atomic E-state index is -0.0981. The molecule has 0 aliphatic carbocycles. The molecule has 20 heavy (non-hydrogen) atoms. The van der Waals surface area contributed by atoms with Crippen LogP contribution in [0, 0.1) is 11.7 Å². The summed E-state index contributed by atoms with van der Waals surface area (Å²) in [5.41, 5.74) is 0.805. The van der Waals surface area contributed by atoms with Crippen LogP contribution in [0.3, 0.4) is 0 Å². The molecule has 1 atom stereocenters. The number of benzene rings is 1. The molecule has 0 aromatic heterocycles. The quantitative estimate of drug-likeness (QED) is 0.593. The van der Waals surface area contributed by atoms with E-state index in [1.165, 1.54) is 0 Å². The molecule has 0 aliphatic rings. The van der Waals surface area contributed by atoms with Gasteiger partial charge < -0.3 is 5.32 Å².